The Morgan fingerprint density at radius 1 is 1.00 bits per heavy atom. The Morgan fingerprint density at radius 2 is 1.67 bits per heavy atom. The summed E-state index contributed by atoms with van der Waals surface area (Å²) in [6, 6.07) is 13.5. The van der Waals surface area contributed by atoms with E-state index in [0.29, 0.717) is 5.56 Å². The van der Waals surface area contributed by atoms with Crippen LogP contribution < -0.4 is 5.32 Å². The molecule has 0 aliphatic carbocycles. The molecule has 90 valence electrons. The Balaban J connectivity index is 2.46. The molecule has 0 aromatic heterocycles. The maximum Gasteiger partial charge on any atom is 0.101 e. The van der Waals surface area contributed by atoms with E-state index in [1.807, 2.05) is 30.3 Å². The van der Waals surface area contributed by atoms with Crippen molar-refractivity contribution >= 4 is 59.2 Å². The number of nitrogens with one attached hydrogen (secondary N) is 1. The summed E-state index contributed by atoms with van der Waals surface area (Å²) < 4.78 is 2.79. The lowest BCUT2D eigenvalue weighted by Gasteiger charge is -2.12. The monoisotopic (exact) mass is 428 g/mol. The topological polar surface area (TPSA) is 35.8 Å². The summed E-state index contributed by atoms with van der Waals surface area (Å²) in [5, 5.41) is 12.4. The molecule has 0 saturated heterocycles. The lowest BCUT2D eigenvalue weighted by atomic mass is 10.2. The van der Waals surface area contributed by atoms with E-state index >= 15 is 0 Å². The van der Waals surface area contributed by atoms with Gasteiger partial charge in [0.2, 0.25) is 0 Å². The van der Waals surface area contributed by atoms with Crippen molar-refractivity contribution in [3.8, 4) is 6.07 Å². The number of benzene rings is 2. The average Bonchev–Trinajstić information content (AvgIpc) is 2.34. The Hall–Kier alpha value is -0.830. The molecule has 0 unspecified atom stereocenters. The zero-order valence-electron chi connectivity index (χ0n) is 9.05. The predicted molar refractivity (Wildman–Crippen MR) is 84.0 cm³/mol. The summed E-state index contributed by atoms with van der Waals surface area (Å²) >= 11 is 10.4. The molecular formula is C13H7Br3N2. The summed E-state index contributed by atoms with van der Waals surface area (Å²) in [5.74, 6) is 0. The molecule has 2 nitrogen and oxygen atoms in total. The van der Waals surface area contributed by atoms with Gasteiger partial charge in [0.15, 0.2) is 0 Å². The minimum absolute atomic E-state index is 0.598. The standard InChI is InChI=1S/C13H7Br3N2/c14-9-5-4-8(7-17)12(6-9)18-13-10(15)2-1-3-11(13)16/h1-6,18H. The van der Waals surface area contributed by atoms with Gasteiger partial charge < -0.3 is 5.32 Å². The maximum atomic E-state index is 9.10. The molecular weight excluding hydrogens is 424 g/mol. The second-order valence-electron chi connectivity index (χ2n) is 3.52. The van der Waals surface area contributed by atoms with Gasteiger partial charge >= 0.3 is 0 Å². The van der Waals surface area contributed by atoms with Crippen molar-refractivity contribution in [2.45, 2.75) is 0 Å². The van der Waals surface area contributed by atoms with Crippen LogP contribution in [-0.4, -0.2) is 0 Å². The Kier molecular flexibility index (Phi) is 4.44. The van der Waals surface area contributed by atoms with Crippen molar-refractivity contribution in [1.29, 1.82) is 5.26 Å². The highest BCUT2D eigenvalue weighted by Gasteiger charge is 2.08. The molecule has 0 atom stereocenters. The predicted octanol–water partition coefficient (Wildman–Crippen LogP) is 5.59. The van der Waals surface area contributed by atoms with E-state index in [0.717, 1.165) is 24.8 Å². The second-order valence-corrected chi connectivity index (χ2v) is 6.15. The van der Waals surface area contributed by atoms with Gasteiger partial charge in [-0.25, -0.2) is 0 Å². The highest BCUT2D eigenvalue weighted by atomic mass is 79.9. The number of para-hydroxylation sites is 1. The van der Waals surface area contributed by atoms with Crippen molar-refractivity contribution in [2.75, 3.05) is 5.32 Å². The number of hydrogen-bond donors (Lipinski definition) is 1. The van der Waals surface area contributed by atoms with Gasteiger partial charge in [0.05, 0.1) is 16.9 Å². The van der Waals surface area contributed by atoms with E-state index in [4.69, 9.17) is 5.26 Å². The molecule has 5 heteroatoms. The van der Waals surface area contributed by atoms with Crippen LogP contribution in [0.3, 0.4) is 0 Å². The van der Waals surface area contributed by atoms with Gasteiger partial charge in [-0.1, -0.05) is 22.0 Å². The molecule has 0 aliphatic heterocycles. The first kappa shape index (κ1) is 13.6. The number of nitriles is 1. The normalized spacial score (nSPS) is 9.89. The number of anilines is 2. The average molecular weight is 431 g/mol. The van der Waals surface area contributed by atoms with Crippen LogP contribution in [-0.2, 0) is 0 Å². The second kappa shape index (κ2) is 5.87. The highest BCUT2D eigenvalue weighted by Crippen LogP contribution is 2.34. The van der Waals surface area contributed by atoms with Gasteiger partial charge in [0.1, 0.15) is 6.07 Å². The third-order valence-corrected chi connectivity index (χ3v) is 4.14. The maximum absolute atomic E-state index is 9.10. The minimum Gasteiger partial charge on any atom is -0.353 e. The summed E-state index contributed by atoms with van der Waals surface area (Å²) in [4.78, 5) is 0. The molecule has 1 N–H and O–H groups in total. The largest absolute Gasteiger partial charge is 0.353 e. The summed E-state index contributed by atoms with van der Waals surface area (Å²) in [5.41, 5.74) is 2.26. The van der Waals surface area contributed by atoms with E-state index in [1.165, 1.54) is 0 Å². The lowest BCUT2D eigenvalue weighted by Crippen LogP contribution is -1.95. The number of rotatable bonds is 2. The Bertz CT molecular complexity index is 612. The van der Waals surface area contributed by atoms with Crippen molar-refractivity contribution in [1.82, 2.24) is 0 Å². The van der Waals surface area contributed by atoms with Crippen LogP contribution in [0, 0.1) is 11.3 Å². The first-order valence-electron chi connectivity index (χ1n) is 5.02. The highest BCUT2D eigenvalue weighted by molar-refractivity contribution is 9.11. The van der Waals surface area contributed by atoms with Gasteiger partial charge in [-0.05, 0) is 62.2 Å². The summed E-state index contributed by atoms with van der Waals surface area (Å²) in [6.45, 7) is 0. The van der Waals surface area contributed by atoms with Crippen LogP contribution in [0.15, 0.2) is 49.8 Å². The van der Waals surface area contributed by atoms with E-state index < -0.39 is 0 Å². The zero-order chi connectivity index (χ0) is 13.1. The molecule has 0 aliphatic rings. The molecule has 2 aromatic carbocycles. The van der Waals surface area contributed by atoms with Gasteiger partial charge in [-0.2, -0.15) is 5.26 Å². The number of halogens is 3. The van der Waals surface area contributed by atoms with E-state index in [9.17, 15) is 0 Å². The van der Waals surface area contributed by atoms with Crippen LogP contribution in [0.4, 0.5) is 11.4 Å². The number of nitrogens with zero attached hydrogens (tertiary/aromatic N) is 1. The molecule has 2 rings (SSSR count). The van der Waals surface area contributed by atoms with Crippen LogP contribution in [0.25, 0.3) is 0 Å². The Morgan fingerprint density at radius 3 is 2.28 bits per heavy atom. The molecule has 0 spiro atoms. The fourth-order valence-corrected chi connectivity index (χ4v) is 3.03. The molecule has 0 amide bonds. The number of hydrogen-bond acceptors (Lipinski definition) is 2. The fraction of sp³-hybridized carbons (Fsp3) is 0. The summed E-state index contributed by atoms with van der Waals surface area (Å²) in [7, 11) is 0. The summed E-state index contributed by atoms with van der Waals surface area (Å²) in [6.07, 6.45) is 0. The van der Waals surface area contributed by atoms with Crippen LogP contribution in [0.5, 0.6) is 0 Å². The minimum atomic E-state index is 0.598. The molecule has 2 aromatic rings. The smallest absolute Gasteiger partial charge is 0.101 e. The third kappa shape index (κ3) is 2.94. The van der Waals surface area contributed by atoms with E-state index in [2.05, 4.69) is 59.2 Å². The molecule has 0 heterocycles. The molecule has 18 heavy (non-hydrogen) atoms. The quantitative estimate of drug-likeness (QED) is 0.674. The lowest BCUT2D eigenvalue weighted by molar-refractivity contribution is 1.44. The SMILES string of the molecule is N#Cc1ccc(Br)cc1Nc1c(Br)cccc1Br. The van der Waals surface area contributed by atoms with Gasteiger partial charge in [0, 0.05) is 13.4 Å². The third-order valence-electron chi connectivity index (χ3n) is 2.32. The Labute approximate surface area is 130 Å². The van der Waals surface area contributed by atoms with Crippen LogP contribution >= 0.6 is 47.8 Å². The molecule has 0 radical (unpaired) electrons. The van der Waals surface area contributed by atoms with E-state index in [1.54, 1.807) is 6.07 Å². The molecule has 0 saturated carbocycles. The van der Waals surface area contributed by atoms with Gasteiger partial charge in [0.25, 0.3) is 0 Å². The van der Waals surface area contributed by atoms with Gasteiger partial charge in [-0.15, -0.1) is 0 Å². The molecule has 0 fully saturated rings. The fourth-order valence-electron chi connectivity index (χ4n) is 1.47. The van der Waals surface area contributed by atoms with Crippen LogP contribution in [0.1, 0.15) is 5.56 Å². The first-order chi connectivity index (χ1) is 8.61. The zero-order valence-corrected chi connectivity index (χ0v) is 13.8. The van der Waals surface area contributed by atoms with Crippen LogP contribution in [0.2, 0.25) is 0 Å². The van der Waals surface area contributed by atoms with Crippen molar-refractivity contribution in [3.05, 3.63) is 55.4 Å². The first-order valence-corrected chi connectivity index (χ1v) is 7.40. The van der Waals surface area contributed by atoms with Crippen molar-refractivity contribution in [2.24, 2.45) is 0 Å². The van der Waals surface area contributed by atoms with Crippen molar-refractivity contribution in [3.63, 3.8) is 0 Å². The van der Waals surface area contributed by atoms with E-state index in [-0.39, 0.29) is 0 Å². The molecule has 0 bridgehead atoms. The van der Waals surface area contributed by atoms with Gasteiger partial charge in [-0.3, -0.25) is 0 Å². The van der Waals surface area contributed by atoms with Crippen molar-refractivity contribution < 1.29 is 0 Å².